The molecule has 0 aliphatic carbocycles. The average molecular weight is 391 g/mol. The molecule has 0 spiro atoms. The van der Waals surface area contributed by atoms with Crippen molar-refractivity contribution in [3.05, 3.63) is 52.5 Å². The minimum Gasteiger partial charge on any atom is -0.347 e. The summed E-state index contributed by atoms with van der Waals surface area (Å²) >= 11 is 1.53. The molecule has 1 saturated heterocycles. The highest BCUT2D eigenvalue weighted by molar-refractivity contribution is 7.20. The van der Waals surface area contributed by atoms with Crippen molar-refractivity contribution in [1.29, 1.82) is 0 Å². The molecule has 2 aromatic heterocycles. The van der Waals surface area contributed by atoms with Crippen molar-refractivity contribution < 1.29 is 4.79 Å². The maximum Gasteiger partial charge on any atom is 0.261 e. The van der Waals surface area contributed by atoms with E-state index in [1.165, 1.54) is 16.9 Å². The average Bonchev–Trinajstić information content (AvgIpc) is 3.19. The molecule has 0 saturated carbocycles. The molecule has 7 heteroatoms. The largest absolute Gasteiger partial charge is 0.347 e. The number of hydrogen-bond acceptors (Lipinski definition) is 4. The minimum absolute atomic E-state index is 0. The fourth-order valence-corrected chi connectivity index (χ4v) is 4.38. The SMILES string of the molecule is Cc1nn(Cc2ccccc2)c2sc(C(=O)NC3CCCNC3)cc12.Cl. The van der Waals surface area contributed by atoms with Crippen LogP contribution in [-0.4, -0.2) is 34.8 Å². The van der Waals surface area contributed by atoms with Gasteiger partial charge in [0, 0.05) is 18.0 Å². The Hall–Kier alpha value is -1.89. The van der Waals surface area contributed by atoms with E-state index in [1.807, 2.05) is 35.9 Å². The summed E-state index contributed by atoms with van der Waals surface area (Å²) in [6, 6.07) is 12.5. The first-order chi connectivity index (χ1) is 12.2. The highest BCUT2D eigenvalue weighted by Crippen LogP contribution is 2.29. The van der Waals surface area contributed by atoms with Crippen molar-refractivity contribution in [2.75, 3.05) is 13.1 Å². The molecule has 138 valence electrons. The van der Waals surface area contributed by atoms with Crippen LogP contribution in [0.2, 0.25) is 0 Å². The Bertz CT molecular complexity index is 884. The second-order valence-electron chi connectivity index (χ2n) is 6.57. The number of nitrogens with one attached hydrogen (secondary N) is 2. The van der Waals surface area contributed by atoms with Crippen LogP contribution >= 0.6 is 23.7 Å². The van der Waals surface area contributed by atoms with Gasteiger partial charge in [-0.25, -0.2) is 0 Å². The molecule has 0 radical (unpaired) electrons. The first-order valence-corrected chi connectivity index (χ1v) is 9.55. The zero-order chi connectivity index (χ0) is 17.2. The number of halogens is 1. The number of fused-ring (bicyclic) bond motifs is 1. The Kier molecular flexibility index (Phi) is 5.96. The maximum absolute atomic E-state index is 12.6. The van der Waals surface area contributed by atoms with Crippen LogP contribution in [0.3, 0.4) is 0 Å². The topological polar surface area (TPSA) is 59.0 Å². The van der Waals surface area contributed by atoms with Gasteiger partial charge in [0.05, 0.1) is 17.1 Å². The van der Waals surface area contributed by atoms with Gasteiger partial charge in [0.1, 0.15) is 4.83 Å². The zero-order valence-corrected chi connectivity index (χ0v) is 16.3. The molecule has 1 unspecified atom stereocenters. The van der Waals surface area contributed by atoms with E-state index in [0.717, 1.165) is 53.3 Å². The zero-order valence-electron chi connectivity index (χ0n) is 14.7. The number of carbonyl (C=O) groups is 1. The van der Waals surface area contributed by atoms with E-state index in [-0.39, 0.29) is 24.4 Å². The van der Waals surface area contributed by atoms with Crippen LogP contribution in [0.15, 0.2) is 36.4 Å². The molecule has 1 fully saturated rings. The number of hydrogen-bond donors (Lipinski definition) is 2. The van der Waals surface area contributed by atoms with E-state index in [0.29, 0.717) is 0 Å². The van der Waals surface area contributed by atoms with Crippen LogP contribution < -0.4 is 10.6 Å². The van der Waals surface area contributed by atoms with E-state index < -0.39 is 0 Å². The molecule has 3 heterocycles. The van der Waals surface area contributed by atoms with E-state index in [9.17, 15) is 4.79 Å². The van der Waals surface area contributed by atoms with Gasteiger partial charge < -0.3 is 10.6 Å². The standard InChI is InChI=1S/C19H22N4OS.ClH/c1-13-16-10-17(18(24)21-15-8-5-9-20-11-15)25-19(16)23(22-13)12-14-6-3-2-4-7-14;/h2-4,6-7,10,15,20H,5,8-9,11-12H2,1H3,(H,21,24);1H. The summed E-state index contributed by atoms with van der Waals surface area (Å²) in [6.07, 6.45) is 2.16. The van der Waals surface area contributed by atoms with Crippen LogP contribution in [0.5, 0.6) is 0 Å². The Labute approximate surface area is 163 Å². The van der Waals surface area contributed by atoms with E-state index >= 15 is 0 Å². The number of thiophene rings is 1. The molecule has 1 atom stereocenters. The van der Waals surface area contributed by atoms with Crippen molar-refractivity contribution >= 4 is 39.9 Å². The number of benzene rings is 1. The van der Waals surface area contributed by atoms with Crippen molar-refractivity contribution in [1.82, 2.24) is 20.4 Å². The molecule has 5 nitrogen and oxygen atoms in total. The third-order valence-corrected chi connectivity index (χ3v) is 5.79. The van der Waals surface area contributed by atoms with Gasteiger partial charge in [0.15, 0.2) is 0 Å². The number of nitrogens with zero attached hydrogens (tertiary/aromatic N) is 2. The number of amides is 1. The molecular weight excluding hydrogens is 368 g/mol. The molecule has 0 bridgehead atoms. The number of aryl methyl sites for hydroxylation is 1. The van der Waals surface area contributed by atoms with Crippen molar-refractivity contribution in [2.24, 2.45) is 0 Å². The molecule has 1 amide bonds. The van der Waals surface area contributed by atoms with Crippen LogP contribution in [0.4, 0.5) is 0 Å². The Balaban J connectivity index is 0.00000196. The summed E-state index contributed by atoms with van der Waals surface area (Å²) in [5, 5.41) is 12.2. The monoisotopic (exact) mass is 390 g/mol. The number of piperidine rings is 1. The van der Waals surface area contributed by atoms with Gasteiger partial charge in [0.25, 0.3) is 5.91 Å². The minimum atomic E-state index is 0. The Morgan fingerprint density at radius 2 is 2.19 bits per heavy atom. The van der Waals surface area contributed by atoms with Crippen LogP contribution in [0.1, 0.15) is 33.8 Å². The van der Waals surface area contributed by atoms with Gasteiger partial charge in [0.2, 0.25) is 0 Å². The first kappa shape index (κ1) is 18.9. The molecule has 26 heavy (non-hydrogen) atoms. The summed E-state index contributed by atoms with van der Waals surface area (Å²) in [5.41, 5.74) is 2.18. The van der Waals surface area contributed by atoms with E-state index in [1.54, 1.807) is 0 Å². The third-order valence-electron chi connectivity index (χ3n) is 4.64. The Morgan fingerprint density at radius 1 is 1.38 bits per heavy atom. The maximum atomic E-state index is 12.6. The smallest absolute Gasteiger partial charge is 0.261 e. The lowest BCUT2D eigenvalue weighted by Gasteiger charge is -2.23. The molecule has 4 rings (SSSR count). The van der Waals surface area contributed by atoms with Crippen molar-refractivity contribution in [3.8, 4) is 0 Å². The number of aromatic nitrogens is 2. The third kappa shape index (κ3) is 3.92. The molecule has 1 aromatic carbocycles. The fourth-order valence-electron chi connectivity index (χ4n) is 3.32. The molecule has 1 aliphatic rings. The lowest BCUT2D eigenvalue weighted by atomic mass is 10.1. The van der Waals surface area contributed by atoms with E-state index in [2.05, 4.69) is 27.9 Å². The van der Waals surface area contributed by atoms with Gasteiger partial charge in [-0.1, -0.05) is 30.3 Å². The normalized spacial score (nSPS) is 17.0. The summed E-state index contributed by atoms with van der Waals surface area (Å²) in [5.74, 6) is 0.0283. The van der Waals surface area contributed by atoms with Gasteiger partial charge >= 0.3 is 0 Å². The molecule has 2 N–H and O–H groups in total. The number of carbonyl (C=O) groups excluding carboxylic acids is 1. The predicted octanol–water partition coefficient (Wildman–Crippen LogP) is 3.36. The molecule has 1 aliphatic heterocycles. The summed E-state index contributed by atoms with van der Waals surface area (Å²) in [7, 11) is 0. The van der Waals surface area contributed by atoms with Gasteiger partial charge in [-0.2, -0.15) is 5.10 Å². The molecular formula is C19H23ClN4OS. The summed E-state index contributed by atoms with van der Waals surface area (Å²) < 4.78 is 2.00. The van der Waals surface area contributed by atoms with Gasteiger partial charge in [-0.15, -0.1) is 23.7 Å². The van der Waals surface area contributed by atoms with Crippen LogP contribution in [-0.2, 0) is 6.54 Å². The van der Waals surface area contributed by atoms with Crippen LogP contribution in [0, 0.1) is 6.92 Å². The molecule has 3 aromatic rings. The fraction of sp³-hybridized carbons (Fsp3) is 0.368. The predicted molar refractivity (Wildman–Crippen MR) is 108 cm³/mol. The van der Waals surface area contributed by atoms with Gasteiger partial charge in [-0.3, -0.25) is 9.48 Å². The van der Waals surface area contributed by atoms with Gasteiger partial charge in [-0.05, 0) is 37.9 Å². The first-order valence-electron chi connectivity index (χ1n) is 8.73. The quantitative estimate of drug-likeness (QED) is 0.718. The number of rotatable bonds is 4. The Morgan fingerprint density at radius 3 is 2.92 bits per heavy atom. The lowest BCUT2D eigenvalue weighted by Crippen LogP contribution is -2.45. The lowest BCUT2D eigenvalue weighted by molar-refractivity contribution is 0.0935. The van der Waals surface area contributed by atoms with E-state index in [4.69, 9.17) is 0 Å². The highest BCUT2D eigenvalue weighted by atomic mass is 35.5. The highest BCUT2D eigenvalue weighted by Gasteiger charge is 2.20. The van der Waals surface area contributed by atoms with Crippen LogP contribution in [0.25, 0.3) is 10.2 Å². The second-order valence-corrected chi connectivity index (χ2v) is 7.61. The van der Waals surface area contributed by atoms with Crippen molar-refractivity contribution in [2.45, 2.75) is 32.4 Å². The van der Waals surface area contributed by atoms with Crippen molar-refractivity contribution in [3.63, 3.8) is 0 Å². The summed E-state index contributed by atoms with van der Waals surface area (Å²) in [4.78, 5) is 14.4. The second kappa shape index (κ2) is 8.20. The summed E-state index contributed by atoms with van der Waals surface area (Å²) in [6.45, 7) is 4.63.